The SMILES string of the molecule is COc1ccccc1NC(=O)Nc1ccncc1Br. The largest absolute Gasteiger partial charge is 0.495 e. The molecule has 5 nitrogen and oxygen atoms in total. The van der Waals surface area contributed by atoms with E-state index in [1.54, 1.807) is 37.7 Å². The van der Waals surface area contributed by atoms with E-state index in [2.05, 4.69) is 31.5 Å². The average Bonchev–Trinajstić information content (AvgIpc) is 2.42. The highest BCUT2D eigenvalue weighted by Crippen LogP contribution is 2.24. The first-order chi connectivity index (χ1) is 9.20. The summed E-state index contributed by atoms with van der Waals surface area (Å²) in [6.45, 7) is 0. The molecule has 6 heteroatoms. The van der Waals surface area contributed by atoms with Crippen LogP contribution in [0.4, 0.5) is 16.2 Å². The lowest BCUT2D eigenvalue weighted by Gasteiger charge is -2.11. The van der Waals surface area contributed by atoms with Gasteiger partial charge in [0.25, 0.3) is 0 Å². The van der Waals surface area contributed by atoms with E-state index in [9.17, 15) is 4.79 Å². The number of benzene rings is 1. The molecule has 2 rings (SSSR count). The fraction of sp³-hybridized carbons (Fsp3) is 0.0769. The van der Waals surface area contributed by atoms with Gasteiger partial charge in [-0.05, 0) is 34.1 Å². The molecule has 1 heterocycles. The number of nitrogens with zero attached hydrogens (tertiary/aromatic N) is 1. The molecule has 0 bridgehead atoms. The van der Waals surface area contributed by atoms with Crippen molar-refractivity contribution < 1.29 is 9.53 Å². The van der Waals surface area contributed by atoms with Crippen LogP contribution >= 0.6 is 15.9 Å². The summed E-state index contributed by atoms with van der Waals surface area (Å²) in [6.07, 6.45) is 3.21. The standard InChI is InChI=1S/C13H12BrN3O2/c1-19-12-5-3-2-4-11(12)17-13(18)16-10-6-7-15-8-9(10)14/h2-8H,1H3,(H2,15,16,17,18). The Morgan fingerprint density at radius 3 is 2.68 bits per heavy atom. The molecule has 0 radical (unpaired) electrons. The zero-order chi connectivity index (χ0) is 13.7. The fourth-order valence-corrected chi connectivity index (χ4v) is 1.85. The molecule has 0 saturated carbocycles. The molecule has 2 N–H and O–H groups in total. The highest BCUT2D eigenvalue weighted by molar-refractivity contribution is 9.10. The molecular weight excluding hydrogens is 310 g/mol. The topological polar surface area (TPSA) is 63.2 Å². The summed E-state index contributed by atoms with van der Waals surface area (Å²) in [4.78, 5) is 15.8. The van der Waals surface area contributed by atoms with Crippen molar-refractivity contribution in [1.29, 1.82) is 0 Å². The number of amides is 2. The quantitative estimate of drug-likeness (QED) is 0.909. The molecule has 0 unspecified atom stereocenters. The lowest BCUT2D eigenvalue weighted by Crippen LogP contribution is -2.20. The fourth-order valence-electron chi connectivity index (χ4n) is 1.50. The highest BCUT2D eigenvalue weighted by Gasteiger charge is 2.08. The number of nitrogens with one attached hydrogen (secondary N) is 2. The molecule has 0 atom stereocenters. The van der Waals surface area contributed by atoms with Crippen molar-refractivity contribution >= 4 is 33.3 Å². The van der Waals surface area contributed by atoms with Gasteiger partial charge in [0.15, 0.2) is 0 Å². The Labute approximate surface area is 119 Å². The van der Waals surface area contributed by atoms with Crippen LogP contribution in [0.15, 0.2) is 47.2 Å². The maximum Gasteiger partial charge on any atom is 0.323 e. The number of anilines is 2. The Bertz CT molecular complexity index is 590. The number of carbonyl (C=O) groups is 1. The van der Waals surface area contributed by atoms with Gasteiger partial charge < -0.3 is 15.4 Å². The van der Waals surface area contributed by atoms with Crippen LogP contribution in [-0.2, 0) is 0 Å². The Kier molecular flexibility index (Phi) is 4.35. The van der Waals surface area contributed by atoms with Crippen LogP contribution in [0, 0.1) is 0 Å². The number of hydrogen-bond acceptors (Lipinski definition) is 3. The van der Waals surface area contributed by atoms with Crippen LogP contribution in [0.2, 0.25) is 0 Å². The molecule has 1 aromatic heterocycles. The lowest BCUT2D eigenvalue weighted by atomic mass is 10.3. The van der Waals surface area contributed by atoms with Crippen molar-refractivity contribution in [2.24, 2.45) is 0 Å². The van der Waals surface area contributed by atoms with E-state index in [-0.39, 0.29) is 6.03 Å². The van der Waals surface area contributed by atoms with Gasteiger partial charge in [-0.1, -0.05) is 12.1 Å². The number of para-hydroxylation sites is 2. The monoisotopic (exact) mass is 321 g/mol. The normalized spacial score (nSPS) is 9.79. The van der Waals surface area contributed by atoms with Gasteiger partial charge in [-0.15, -0.1) is 0 Å². The minimum atomic E-state index is -0.351. The molecule has 0 aliphatic rings. The van der Waals surface area contributed by atoms with Crippen LogP contribution < -0.4 is 15.4 Å². The predicted octanol–water partition coefficient (Wildman–Crippen LogP) is 3.50. The number of aromatic nitrogens is 1. The van der Waals surface area contributed by atoms with E-state index in [1.165, 1.54) is 0 Å². The van der Waals surface area contributed by atoms with Crippen molar-refractivity contribution in [3.63, 3.8) is 0 Å². The molecule has 2 amide bonds. The zero-order valence-corrected chi connectivity index (χ0v) is 11.8. The number of halogens is 1. The summed E-state index contributed by atoms with van der Waals surface area (Å²) < 4.78 is 5.87. The number of methoxy groups -OCH3 is 1. The van der Waals surface area contributed by atoms with Crippen LogP contribution in [0.25, 0.3) is 0 Å². The molecule has 0 spiro atoms. The Balaban J connectivity index is 2.08. The number of carbonyl (C=O) groups excluding carboxylic acids is 1. The van der Waals surface area contributed by atoms with Gasteiger partial charge in [-0.2, -0.15) is 0 Å². The molecule has 2 aromatic rings. The Morgan fingerprint density at radius 2 is 1.95 bits per heavy atom. The predicted molar refractivity (Wildman–Crippen MR) is 77.6 cm³/mol. The molecule has 0 aliphatic carbocycles. The summed E-state index contributed by atoms with van der Waals surface area (Å²) in [5.41, 5.74) is 1.25. The smallest absolute Gasteiger partial charge is 0.323 e. The minimum Gasteiger partial charge on any atom is -0.495 e. The van der Waals surface area contributed by atoms with Gasteiger partial charge >= 0.3 is 6.03 Å². The average molecular weight is 322 g/mol. The molecule has 0 fully saturated rings. The summed E-state index contributed by atoms with van der Waals surface area (Å²) in [5.74, 6) is 0.603. The van der Waals surface area contributed by atoms with Crippen molar-refractivity contribution in [3.8, 4) is 5.75 Å². The molecular formula is C13H12BrN3O2. The third-order valence-corrected chi connectivity index (χ3v) is 3.01. The first kappa shape index (κ1) is 13.4. The highest BCUT2D eigenvalue weighted by atomic mass is 79.9. The molecule has 0 aliphatic heterocycles. The van der Waals surface area contributed by atoms with Crippen LogP contribution in [0.1, 0.15) is 0 Å². The van der Waals surface area contributed by atoms with Crippen molar-refractivity contribution in [2.45, 2.75) is 0 Å². The number of pyridine rings is 1. The summed E-state index contributed by atoms with van der Waals surface area (Å²) in [5, 5.41) is 5.44. The van der Waals surface area contributed by atoms with E-state index in [1.807, 2.05) is 12.1 Å². The van der Waals surface area contributed by atoms with Crippen LogP contribution in [0.3, 0.4) is 0 Å². The maximum absolute atomic E-state index is 11.9. The van der Waals surface area contributed by atoms with Crippen molar-refractivity contribution in [2.75, 3.05) is 17.7 Å². The molecule has 1 aromatic carbocycles. The van der Waals surface area contributed by atoms with E-state index >= 15 is 0 Å². The second-order valence-electron chi connectivity index (χ2n) is 3.63. The van der Waals surface area contributed by atoms with E-state index in [0.29, 0.717) is 21.6 Å². The third kappa shape index (κ3) is 3.45. The second kappa shape index (κ2) is 6.19. The van der Waals surface area contributed by atoms with Gasteiger partial charge in [-0.3, -0.25) is 4.98 Å². The third-order valence-electron chi connectivity index (χ3n) is 2.38. The molecule has 98 valence electrons. The van der Waals surface area contributed by atoms with Gasteiger partial charge in [0.2, 0.25) is 0 Å². The van der Waals surface area contributed by atoms with Gasteiger partial charge in [0.1, 0.15) is 5.75 Å². The first-order valence-corrected chi connectivity index (χ1v) is 6.30. The van der Waals surface area contributed by atoms with Crippen LogP contribution in [-0.4, -0.2) is 18.1 Å². The minimum absolute atomic E-state index is 0.351. The zero-order valence-electron chi connectivity index (χ0n) is 10.2. The number of urea groups is 1. The summed E-state index contributed by atoms with van der Waals surface area (Å²) in [7, 11) is 1.55. The Hall–Kier alpha value is -2.08. The van der Waals surface area contributed by atoms with Gasteiger partial charge in [0.05, 0.1) is 23.0 Å². The van der Waals surface area contributed by atoms with E-state index < -0.39 is 0 Å². The van der Waals surface area contributed by atoms with Crippen molar-refractivity contribution in [3.05, 3.63) is 47.2 Å². The lowest BCUT2D eigenvalue weighted by molar-refractivity contribution is 0.262. The maximum atomic E-state index is 11.9. The first-order valence-electron chi connectivity index (χ1n) is 5.51. The molecule has 19 heavy (non-hydrogen) atoms. The summed E-state index contributed by atoms with van der Waals surface area (Å²) >= 11 is 3.31. The Morgan fingerprint density at radius 1 is 1.21 bits per heavy atom. The van der Waals surface area contributed by atoms with Gasteiger partial charge in [-0.25, -0.2) is 4.79 Å². The van der Waals surface area contributed by atoms with Gasteiger partial charge in [0, 0.05) is 12.4 Å². The second-order valence-corrected chi connectivity index (χ2v) is 4.49. The van der Waals surface area contributed by atoms with E-state index in [0.717, 1.165) is 0 Å². The van der Waals surface area contributed by atoms with Crippen LogP contribution in [0.5, 0.6) is 5.75 Å². The van der Waals surface area contributed by atoms with E-state index in [4.69, 9.17) is 4.74 Å². The number of rotatable bonds is 3. The van der Waals surface area contributed by atoms with Crippen molar-refractivity contribution in [1.82, 2.24) is 4.98 Å². The number of ether oxygens (including phenoxy) is 1. The number of hydrogen-bond donors (Lipinski definition) is 2. The summed E-state index contributed by atoms with van der Waals surface area (Å²) in [6, 6.07) is 8.54. The molecule has 0 saturated heterocycles.